The summed E-state index contributed by atoms with van der Waals surface area (Å²) < 4.78 is 25.7. The molecule has 5 heterocycles. The van der Waals surface area contributed by atoms with Crippen molar-refractivity contribution in [3.05, 3.63) is 53.5 Å². The van der Waals surface area contributed by atoms with E-state index < -0.39 is 5.82 Å². The van der Waals surface area contributed by atoms with Gasteiger partial charge in [-0.15, -0.1) is 0 Å². The molecule has 0 bridgehead atoms. The largest absolute Gasteiger partial charge is 0.491 e. The van der Waals surface area contributed by atoms with Crippen molar-refractivity contribution in [3.8, 4) is 17.1 Å². The molecule has 10 heteroatoms. The predicted molar refractivity (Wildman–Crippen MR) is 153 cm³/mol. The Morgan fingerprint density at radius 3 is 2.80 bits per heavy atom. The maximum Gasteiger partial charge on any atom is 0.255 e. The maximum atomic E-state index is 15.6. The molecule has 1 saturated carbocycles. The zero-order valence-corrected chi connectivity index (χ0v) is 23.2. The first-order valence-corrected chi connectivity index (χ1v) is 14.6. The molecule has 0 radical (unpaired) electrons. The number of carbonyl (C=O) groups excluding carboxylic acids is 2. The van der Waals surface area contributed by atoms with Crippen molar-refractivity contribution in [3.63, 3.8) is 0 Å². The number of nitrogens with one attached hydrogen (secondary N) is 1. The third-order valence-electron chi connectivity index (χ3n) is 8.71. The van der Waals surface area contributed by atoms with Crippen molar-refractivity contribution in [2.24, 2.45) is 17.6 Å². The number of nitrogens with zero attached hydrogens (tertiary/aromatic N) is 4. The SMILES string of the molecule is Cc1c(-c2cc3cccc(OCC4CNC(=O)C4)c3n2CC2CC2)nn2cc(C(=O)N3CCC[C@@H](N)C3)cc(F)c12. The number of piperidine rings is 1. The molecule has 9 nitrogen and oxygen atoms in total. The minimum Gasteiger partial charge on any atom is -0.491 e. The number of para-hydroxylation sites is 1. The quantitative estimate of drug-likeness (QED) is 0.358. The third kappa shape index (κ3) is 4.84. The lowest BCUT2D eigenvalue weighted by Gasteiger charge is -2.30. The second-order valence-electron chi connectivity index (χ2n) is 12.0. The Hall–Kier alpha value is -3.92. The number of aromatic nitrogens is 3. The Balaban J connectivity index is 1.28. The smallest absolute Gasteiger partial charge is 0.255 e. The molecule has 4 aromatic rings. The van der Waals surface area contributed by atoms with Gasteiger partial charge >= 0.3 is 0 Å². The fraction of sp³-hybridized carbons (Fsp3) is 0.452. The van der Waals surface area contributed by atoms with E-state index in [1.165, 1.54) is 23.4 Å². The number of hydrogen-bond donors (Lipinski definition) is 2. The summed E-state index contributed by atoms with van der Waals surface area (Å²) in [5.41, 5.74) is 10.0. The highest BCUT2D eigenvalue weighted by Crippen LogP contribution is 2.40. The lowest BCUT2D eigenvalue weighted by molar-refractivity contribution is -0.119. The van der Waals surface area contributed by atoms with Crippen LogP contribution in [-0.4, -0.2) is 63.2 Å². The van der Waals surface area contributed by atoms with Crippen molar-refractivity contribution in [1.82, 2.24) is 24.4 Å². The van der Waals surface area contributed by atoms with E-state index in [0.29, 0.717) is 49.8 Å². The van der Waals surface area contributed by atoms with Crippen LogP contribution in [0, 0.1) is 24.6 Å². The van der Waals surface area contributed by atoms with Crippen molar-refractivity contribution >= 4 is 28.2 Å². The zero-order valence-electron chi connectivity index (χ0n) is 23.2. The van der Waals surface area contributed by atoms with Gasteiger partial charge in [0, 0.05) is 61.7 Å². The van der Waals surface area contributed by atoms with E-state index in [2.05, 4.69) is 22.0 Å². The van der Waals surface area contributed by atoms with Crippen molar-refractivity contribution in [2.45, 2.75) is 51.6 Å². The van der Waals surface area contributed by atoms with Crippen LogP contribution in [0.5, 0.6) is 5.75 Å². The van der Waals surface area contributed by atoms with Crippen molar-refractivity contribution < 1.29 is 18.7 Å². The number of carbonyl (C=O) groups is 2. The third-order valence-corrected chi connectivity index (χ3v) is 8.71. The molecule has 3 fully saturated rings. The van der Waals surface area contributed by atoms with E-state index in [0.717, 1.165) is 47.3 Å². The summed E-state index contributed by atoms with van der Waals surface area (Å²) in [6.45, 7) is 4.88. The fourth-order valence-corrected chi connectivity index (χ4v) is 6.35. The summed E-state index contributed by atoms with van der Waals surface area (Å²) >= 11 is 0. The summed E-state index contributed by atoms with van der Waals surface area (Å²) in [7, 11) is 0. The molecule has 3 aromatic heterocycles. The van der Waals surface area contributed by atoms with Gasteiger partial charge in [0.2, 0.25) is 5.91 Å². The molecular formula is C31H35FN6O3. The molecule has 3 N–H and O–H groups in total. The second-order valence-corrected chi connectivity index (χ2v) is 12.0. The fourth-order valence-electron chi connectivity index (χ4n) is 6.35. The number of rotatable bonds is 7. The number of hydrogen-bond acceptors (Lipinski definition) is 5. The number of pyridine rings is 1. The summed E-state index contributed by atoms with van der Waals surface area (Å²) in [5.74, 6) is 0.860. The van der Waals surface area contributed by atoms with Crippen molar-refractivity contribution in [2.75, 3.05) is 26.2 Å². The van der Waals surface area contributed by atoms with Gasteiger partial charge in [-0.2, -0.15) is 5.10 Å². The predicted octanol–water partition coefficient (Wildman–Crippen LogP) is 3.89. The molecule has 2 atom stereocenters. The number of amides is 2. The number of likely N-dealkylation sites (tertiary alicyclic amines) is 1. The zero-order chi connectivity index (χ0) is 28.2. The number of fused-ring (bicyclic) bond motifs is 2. The first kappa shape index (κ1) is 26.0. The lowest BCUT2D eigenvalue weighted by atomic mass is 10.1. The highest BCUT2D eigenvalue weighted by Gasteiger charge is 2.29. The maximum absolute atomic E-state index is 15.6. The first-order chi connectivity index (χ1) is 19.9. The molecule has 3 aliphatic rings. The molecule has 1 aliphatic carbocycles. The summed E-state index contributed by atoms with van der Waals surface area (Å²) in [5, 5.41) is 8.75. The Labute approximate surface area is 237 Å². The Kier molecular flexibility index (Phi) is 6.45. The molecule has 41 heavy (non-hydrogen) atoms. The molecule has 2 aliphatic heterocycles. The second kappa shape index (κ2) is 10.2. The number of benzene rings is 1. The number of ether oxygens (including phenoxy) is 1. The van der Waals surface area contributed by atoms with Gasteiger partial charge in [0.05, 0.1) is 23.4 Å². The van der Waals surface area contributed by atoms with Crippen LogP contribution < -0.4 is 15.8 Å². The minimum absolute atomic E-state index is 0.0561. The van der Waals surface area contributed by atoms with E-state index in [-0.39, 0.29) is 29.3 Å². The highest BCUT2D eigenvalue weighted by molar-refractivity contribution is 5.95. The van der Waals surface area contributed by atoms with Crippen LogP contribution in [0.4, 0.5) is 4.39 Å². The van der Waals surface area contributed by atoms with E-state index in [1.54, 1.807) is 11.1 Å². The standard InChI is InChI=1S/C31H35FN6O3/c1-18-28(35-38-15-22(11-24(32)29(18)38)31(40)36-9-3-5-23(33)16-36)25-12-21-4-2-6-26(30(21)37(25)14-19-7-8-19)41-17-20-10-27(39)34-13-20/h2,4,6,11-12,15,19-20,23H,3,5,7-10,13-14,16-17,33H2,1H3,(H,34,39)/t20?,23-/m1/s1. The van der Waals surface area contributed by atoms with Gasteiger partial charge in [0.15, 0.2) is 0 Å². The topological polar surface area (TPSA) is 107 Å². The van der Waals surface area contributed by atoms with Crippen LogP contribution >= 0.6 is 0 Å². The van der Waals surface area contributed by atoms with E-state index >= 15 is 4.39 Å². The monoisotopic (exact) mass is 558 g/mol. The lowest BCUT2D eigenvalue weighted by Crippen LogP contribution is -2.45. The van der Waals surface area contributed by atoms with Crippen molar-refractivity contribution in [1.29, 1.82) is 0 Å². The molecule has 214 valence electrons. The molecule has 2 amide bonds. The summed E-state index contributed by atoms with van der Waals surface area (Å²) in [6.07, 6.45) is 6.18. The van der Waals surface area contributed by atoms with Crippen LogP contribution in [0.15, 0.2) is 36.5 Å². The van der Waals surface area contributed by atoms with Gasteiger partial charge in [0.25, 0.3) is 5.91 Å². The normalized spacial score (nSPS) is 21.1. The average molecular weight is 559 g/mol. The Morgan fingerprint density at radius 2 is 2.05 bits per heavy atom. The Morgan fingerprint density at radius 1 is 1.20 bits per heavy atom. The molecule has 1 unspecified atom stereocenters. The molecule has 7 rings (SSSR count). The van der Waals surface area contributed by atoms with Crippen LogP contribution in [0.25, 0.3) is 27.8 Å². The highest BCUT2D eigenvalue weighted by atomic mass is 19.1. The average Bonchev–Trinajstić information content (AvgIpc) is 3.41. The van der Waals surface area contributed by atoms with Crippen LogP contribution in [0.2, 0.25) is 0 Å². The molecule has 1 aromatic carbocycles. The van der Waals surface area contributed by atoms with E-state index in [1.807, 2.05) is 19.1 Å². The molecule has 0 spiro atoms. The van der Waals surface area contributed by atoms with Gasteiger partial charge < -0.3 is 25.3 Å². The van der Waals surface area contributed by atoms with Gasteiger partial charge in [-0.3, -0.25) is 9.59 Å². The van der Waals surface area contributed by atoms with Gasteiger partial charge in [0.1, 0.15) is 22.8 Å². The van der Waals surface area contributed by atoms with E-state index in [9.17, 15) is 9.59 Å². The van der Waals surface area contributed by atoms with Crippen LogP contribution in [-0.2, 0) is 11.3 Å². The number of aryl methyl sites for hydroxylation is 1. The summed E-state index contributed by atoms with van der Waals surface area (Å²) in [6, 6.07) is 9.37. The molecular weight excluding hydrogens is 523 g/mol. The van der Waals surface area contributed by atoms with Gasteiger partial charge in [-0.05, 0) is 56.7 Å². The van der Waals surface area contributed by atoms with E-state index in [4.69, 9.17) is 15.6 Å². The summed E-state index contributed by atoms with van der Waals surface area (Å²) in [4.78, 5) is 26.6. The molecule has 2 saturated heterocycles. The van der Waals surface area contributed by atoms with Gasteiger partial charge in [-0.25, -0.2) is 8.91 Å². The van der Waals surface area contributed by atoms with Crippen LogP contribution in [0.1, 0.15) is 48.0 Å². The first-order valence-electron chi connectivity index (χ1n) is 14.6. The minimum atomic E-state index is -0.470. The number of nitrogens with two attached hydrogens (primary N) is 1. The van der Waals surface area contributed by atoms with Crippen LogP contribution in [0.3, 0.4) is 0 Å². The Bertz CT molecular complexity index is 1670. The van der Waals surface area contributed by atoms with Gasteiger partial charge in [-0.1, -0.05) is 12.1 Å². The number of halogens is 1.